The minimum Gasteiger partial charge on any atom is -0.497 e. The summed E-state index contributed by atoms with van der Waals surface area (Å²) in [5.74, 6) is 1.42. The van der Waals surface area contributed by atoms with Gasteiger partial charge in [-0.3, -0.25) is 14.1 Å². The number of nitrogens with zero attached hydrogens (tertiary/aromatic N) is 1. The predicted molar refractivity (Wildman–Crippen MR) is 152 cm³/mol. The van der Waals surface area contributed by atoms with E-state index >= 15 is 0 Å². The highest BCUT2D eigenvalue weighted by Crippen LogP contribution is 2.34. The van der Waals surface area contributed by atoms with Crippen LogP contribution >= 0.6 is 34.5 Å². The van der Waals surface area contributed by atoms with Crippen LogP contribution in [0.15, 0.2) is 94.6 Å². The van der Waals surface area contributed by atoms with Crippen LogP contribution in [0.5, 0.6) is 17.2 Å². The van der Waals surface area contributed by atoms with E-state index in [1.54, 1.807) is 66.3 Å². The maximum absolute atomic E-state index is 13.3. The number of hydrogen-bond acceptors (Lipinski definition) is 6. The minimum absolute atomic E-state index is 0.000246. The summed E-state index contributed by atoms with van der Waals surface area (Å²) in [7, 11) is -2.48. The highest BCUT2D eigenvalue weighted by Gasteiger charge is 2.20. The molecule has 5 aromatic rings. The van der Waals surface area contributed by atoms with E-state index in [4.69, 9.17) is 32.7 Å². The summed E-state index contributed by atoms with van der Waals surface area (Å²) < 4.78 is 42.5. The van der Waals surface area contributed by atoms with Gasteiger partial charge in [0.05, 0.1) is 34.5 Å². The quantitative estimate of drug-likeness (QED) is 0.211. The van der Waals surface area contributed by atoms with Crippen LogP contribution in [0.4, 0.5) is 5.69 Å². The van der Waals surface area contributed by atoms with Crippen molar-refractivity contribution in [1.29, 1.82) is 0 Å². The van der Waals surface area contributed by atoms with Crippen LogP contribution in [0.25, 0.3) is 10.2 Å². The molecule has 0 unspecified atom stereocenters. The molecule has 38 heavy (non-hydrogen) atoms. The fourth-order valence-corrected chi connectivity index (χ4v) is 6.17. The van der Waals surface area contributed by atoms with E-state index in [-0.39, 0.29) is 21.2 Å². The third-order valence-electron chi connectivity index (χ3n) is 5.68. The summed E-state index contributed by atoms with van der Waals surface area (Å²) in [4.78, 5) is 12.5. The third-order valence-corrected chi connectivity index (χ3v) is 8.47. The Morgan fingerprint density at radius 1 is 0.868 bits per heavy atom. The molecular weight excluding hydrogens is 567 g/mol. The van der Waals surface area contributed by atoms with Gasteiger partial charge in [-0.2, -0.15) is 0 Å². The molecule has 0 amide bonds. The molecule has 0 saturated carbocycles. The Balaban J connectivity index is 1.43. The van der Waals surface area contributed by atoms with Gasteiger partial charge in [0.1, 0.15) is 11.5 Å². The van der Waals surface area contributed by atoms with Gasteiger partial charge in [-0.05, 0) is 78.4 Å². The molecule has 1 heterocycles. The number of ether oxygens (including phenoxy) is 2. The van der Waals surface area contributed by atoms with Crippen molar-refractivity contribution in [3.8, 4) is 17.2 Å². The standard InChI is InChI=1S/C27H20Cl2N2O5S2/c1-35-20-7-9-21(10-8-20)36-25-13-6-19(29)14-23(25)30-38(33,34)22-11-12-24-26(15-22)37-27(32)31(24)16-17-2-4-18(28)5-3-17/h2-15,30H,16H2,1H3. The summed E-state index contributed by atoms with van der Waals surface area (Å²) in [5, 5.41) is 0.939. The highest BCUT2D eigenvalue weighted by molar-refractivity contribution is 7.92. The SMILES string of the molecule is COc1ccc(Oc2ccc(Cl)cc2NS(=O)(=O)c2ccc3c(c2)sc(=O)n3Cc2ccc(Cl)cc2)cc1. The van der Waals surface area contributed by atoms with Crippen molar-refractivity contribution < 1.29 is 17.9 Å². The van der Waals surface area contributed by atoms with E-state index < -0.39 is 10.0 Å². The molecule has 1 N–H and O–H groups in total. The molecule has 0 atom stereocenters. The number of anilines is 1. The number of benzene rings is 4. The van der Waals surface area contributed by atoms with Crippen molar-refractivity contribution in [1.82, 2.24) is 4.57 Å². The summed E-state index contributed by atoms with van der Waals surface area (Å²) in [6, 6.07) is 23.3. The second-order valence-corrected chi connectivity index (χ2v) is 11.8. The maximum Gasteiger partial charge on any atom is 0.308 e. The Morgan fingerprint density at radius 3 is 2.26 bits per heavy atom. The fraction of sp³-hybridized carbons (Fsp3) is 0.0741. The van der Waals surface area contributed by atoms with Crippen LogP contribution < -0.4 is 19.1 Å². The fourth-order valence-electron chi connectivity index (χ4n) is 3.78. The molecule has 0 fully saturated rings. The van der Waals surface area contributed by atoms with Gasteiger partial charge >= 0.3 is 4.87 Å². The maximum atomic E-state index is 13.3. The van der Waals surface area contributed by atoms with Crippen molar-refractivity contribution in [3.05, 3.63) is 110 Å². The smallest absolute Gasteiger partial charge is 0.308 e. The monoisotopic (exact) mass is 586 g/mol. The van der Waals surface area contributed by atoms with Crippen molar-refractivity contribution in [2.75, 3.05) is 11.8 Å². The first-order valence-corrected chi connectivity index (χ1v) is 14.3. The predicted octanol–water partition coefficient (Wildman–Crippen LogP) is 7.02. The van der Waals surface area contributed by atoms with E-state index in [1.807, 2.05) is 12.1 Å². The van der Waals surface area contributed by atoms with Crippen molar-refractivity contribution >= 4 is 60.5 Å². The van der Waals surface area contributed by atoms with Crippen LogP contribution in [0.3, 0.4) is 0 Å². The number of halogens is 2. The van der Waals surface area contributed by atoms with Crippen LogP contribution in [0.1, 0.15) is 5.56 Å². The van der Waals surface area contributed by atoms with Crippen molar-refractivity contribution in [2.45, 2.75) is 11.4 Å². The lowest BCUT2D eigenvalue weighted by molar-refractivity contribution is 0.413. The lowest BCUT2D eigenvalue weighted by atomic mass is 10.2. The van der Waals surface area contributed by atoms with Gasteiger partial charge in [0.25, 0.3) is 10.0 Å². The average Bonchev–Trinajstić information content (AvgIpc) is 3.21. The van der Waals surface area contributed by atoms with E-state index in [0.717, 1.165) is 16.9 Å². The number of thiazole rings is 1. The largest absolute Gasteiger partial charge is 0.497 e. The number of sulfonamides is 1. The first-order chi connectivity index (χ1) is 18.2. The van der Waals surface area contributed by atoms with Crippen LogP contribution in [-0.2, 0) is 16.6 Å². The van der Waals surface area contributed by atoms with E-state index in [1.165, 1.54) is 18.2 Å². The summed E-state index contributed by atoms with van der Waals surface area (Å²) in [6.07, 6.45) is 0. The Morgan fingerprint density at radius 2 is 1.55 bits per heavy atom. The number of fused-ring (bicyclic) bond motifs is 1. The Kier molecular flexibility index (Phi) is 7.36. The zero-order valence-corrected chi connectivity index (χ0v) is 23.0. The molecule has 0 aliphatic heterocycles. The van der Waals surface area contributed by atoms with E-state index in [0.29, 0.717) is 38.3 Å². The topological polar surface area (TPSA) is 86.6 Å². The Hall–Kier alpha value is -3.50. The molecule has 7 nitrogen and oxygen atoms in total. The highest BCUT2D eigenvalue weighted by atomic mass is 35.5. The first kappa shape index (κ1) is 26.1. The minimum atomic E-state index is -4.04. The molecule has 0 radical (unpaired) electrons. The molecule has 0 saturated heterocycles. The van der Waals surface area contributed by atoms with E-state index in [9.17, 15) is 13.2 Å². The number of nitrogens with one attached hydrogen (secondary N) is 1. The Bertz CT molecular complexity index is 1780. The van der Waals surface area contributed by atoms with Crippen LogP contribution in [-0.4, -0.2) is 20.1 Å². The number of methoxy groups -OCH3 is 1. The van der Waals surface area contributed by atoms with Gasteiger partial charge in [0, 0.05) is 10.0 Å². The van der Waals surface area contributed by atoms with Gasteiger partial charge in [-0.1, -0.05) is 46.7 Å². The summed E-state index contributed by atoms with van der Waals surface area (Å²) >= 11 is 13.1. The van der Waals surface area contributed by atoms with Gasteiger partial charge in [0.15, 0.2) is 5.75 Å². The number of rotatable bonds is 8. The number of aromatic nitrogens is 1. The third kappa shape index (κ3) is 5.66. The first-order valence-electron chi connectivity index (χ1n) is 11.2. The molecule has 194 valence electrons. The van der Waals surface area contributed by atoms with Crippen LogP contribution in [0.2, 0.25) is 10.0 Å². The zero-order valence-electron chi connectivity index (χ0n) is 19.9. The van der Waals surface area contributed by atoms with Crippen molar-refractivity contribution in [3.63, 3.8) is 0 Å². The second-order valence-electron chi connectivity index (χ2n) is 8.23. The van der Waals surface area contributed by atoms with E-state index in [2.05, 4.69) is 4.72 Å². The second kappa shape index (κ2) is 10.7. The van der Waals surface area contributed by atoms with Gasteiger partial charge in [-0.15, -0.1) is 0 Å². The molecular formula is C27H20Cl2N2O5S2. The molecule has 0 spiro atoms. The summed E-state index contributed by atoms with van der Waals surface area (Å²) in [6.45, 7) is 0.342. The zero-order chi connectivity index (χ0) is 26.9. The summed E-state index contributed by atoms with van der Waals surface area (Å²) in [5.41, 5.74) is 1.71. The average molecular weight is 588 g/mol. The Labute approximate surface area is 232 Å². The lowest BCUT2D eigenvalue weighted by Gasteiger charge is -2.14. The molecule has 1 aromatic heterocycles. The lowest BCUT2D eigenvalue weighted by Crippen LogP contribution is -2.14. The number of hydrogen-bond donors (Lipinski definition) is 1. The van der Waals surface area contributed by atoms with Gasteiger partial charge in [-0.25, -0.2) is 8.42 Å². The van der Waals surface area contributed by atoms with Crippen molar-refractivity contribution in [2.24, 2.45) is 0 Å². The normalized spacial score (nSPS) is 11.4. The van der Waals surface area contributed by atoms with Gasteiger partial charge < -0.3 is 9.47 Å². The molecule has 0 bridgehead atoms. The molecule has 5 rings (SSSR count). The van der Waals surface area contributed by atoms with Gasteiger partial charge in [0.2, 0.25) is 0 Å². The van der Waals surface area contributed by atoms with Crippen LogP contribution in [0, 0.1) is 0 Å². The molecule has 4 aromatic carbocycles. The molecule has 0 aliphatic carbocycles. The molecule has 0 aliphatic rings. The molecule has 11 heteroatoms.